The Labute approximate surface area is 197 Å². The molecule has 11 heteroatoms. The van der Waals surface area contributed by atoms with Gasteiger partial charge >= 0.3 is 18.2 Å². The van der Waals surface area contributed by atoms with Gasteiger partial charge in [-0.3, -0.25) is 9.59 Å². The topological polar surface area (TPSA) is 121 Å². The fourth-order valence-corrected chi connectivity index (χ4v) is 3.87. The number of ketones is 1. The lowest BCUT2D eigenvalue weighted by Crippen LogP contribution is -2.25. The number of rotatable bonds is 5. The van der Waals surface area contributed by atoms with Crippen molar-refractivity contribution in [2.75, 3.05) is 10.6 Å². The summed E-state index contributed by atoms with van der Waals surface area (Å²) in [6.07, 6.45) is -1.02. The first-order valence-electron chi connectivity index (χ1n) is 10.6. The average Bonchev–Trinajstić information content (AvgIpc) is 2.80. The van der Waals surface area contributed by atoms with Gasteiger partial charge in [-0.1, -0.05) is 18.2 Å². The summed E-state index contributed by atoms with van der Waals surface area (Å²) >= 11 is 0. The molecule has 2 amide bonds. The van der Waals surface area contributed by atoms with Crippen molar-refractivity contribution in [1.29, 1.82) is 0 Å². The number of nitrogens with zero attached hydrogens (tertiary/aromatic N) is 2. The fraction of sp³-hybridized carbons (Fsp3) is 0.208. The van der Waals surface area contributed by atoms with E-state index in [0.29, 0.717) is 29.8 Å². The lowest BCUT2D eigenvalue weighted by molar-refractivity contribution is -0.138. The first kappa shape index (κ1) is 23.9. The zero-order valence-corrected chi connectivity index (χ0v) is 18.1. The Morgan fingerprint density at radius 1 is 1.03 bits per heavy atom. The lowest BCUT2D eigenvalue weighted by Gasteiger charge is -2.22. The van der Waals surface area contributed by atoms with Gasteiger partial charge in [-0.15, -0.1) is 0 Å². The van der Waals surface area contributed by atoms with E-state index >= 15 is 0 Å². The summed E-state index contributed by atoms with van der Waals surface area (Å²) in [6, 6.07) is 8.58. The van der Waals surface area contributed by atoms with E-state index < -0.39 is 29.7 Å². The zero-order chi connectivity index (χ0) is 25.2. The first-order chi connectivity index (χ1) is 16.6. The molecule has 0 saturated carbocycles. The van der Waals surface area contributed by atoms with Crippen LogP contribution in [0.3, 0.4) is 0 Å². The Balaban J connectivity index is 1.42. The number of hydrogen-bond donors (Lipinski definition) is 3. The normalized spacial score (nSPS) is 15.3. The average molecular weight is 484 g/mol. The monoisotopic (exact) mass is 484 g/mol. The zero-order valence-electron chi connectivity index (χ0n) is 18.1. The van der Waals surface area contributed by atoms with Crippen LogP contribution in [0.25, 0.3) is 11.4 Å². The quantitative estimate of drug-likeness (QED) is 0.467. The number of carbonyl (C=O) groups excluding carboxylic acids is 2. The number of carboxylic acid groups (broad SMARTS) is 1. The predicted molar refractivity (Wildman–Crippen MR) is 120 cm³/mol. The number of Topliss-reactive ketones (excluding diaryl/α,β-unsaturated/α-hetero) is 1. The van der Waals surface area contributed by atoms with Crippen LogP contribution in [0.1, 0.15) is 34.3 Å². The summed E-state index contributed by atoms with van der Waals surface area (Å²) in [4.78, 5) is 44.1. The van der Waals surface area contributed by atoms with Crippen molar-refractivity contribution in [2.45, 2.75) is 25.4 Å². The molecule has 0 bridgehead atoms. The van der Waals surface area contributed by atoms with E-state index in [1.54, 1.807) is 18.2 Å². The van der Waals surface area contributed by atoms with Crippen LogP contribution in [0.2, 0.25) is 0 Å². The highest BCUT2D eigenvalue weighted by molar-refractivity contribution is 6.02. The van der Waals surface area contributed by atoms with Gasteiger partial charge in [0.25, 0.3) is 0 Å². The van der Waals surface area contributed by atoms with E-state index in [-0.39, 0.29) is 23.6 Å². The Hall–Kier alpha value is -4.28. The molecule has 0 radical (unpaired) electrons. The molecule has 2 aromatic carbocycles. The summed E-state index contributed by atoms with van der Waals surface area (Å²) < 4.78 is 38.5. The van der Waals surface area contributed by atoms with Gasteiger partial charge in [0.15, 0.2) is 11.6 Å². The number of benzene rings is 2. The number of hydrogen-bond acceptors (Lipinski definition) is 5. The van der Waals surface area contributed by atoms with Gasteiger partial charge in [0, 0.05) is 22.7 Å². The number of nitrogens with one attached hydrogen (secondary N) is 2. The maximum atomic E-state index is 12.8. The molecule has 1 unspecified atom stereocenters. The van der Waals surface area contributed by atoms with Gasteiger partial charge in [-0.05, 0) is 42.7 Å². The van der Waals surface area contributed by atoms with Gasteiger partial charge < -0.3 is 15.7 Å². The molecule has 1 aromatic heterocycles. The van der Waals surface area contributed by atoms with E-state index in [9.17, 15) is 27.6 Å². The molecule has 0 fully saturated rings. The molecule has 1 atom stereocenters. The van der Waals surface area contributed by atoms with E-state index in [0.717, 1.165) is 17.7 Å². The Morgan fingerprint density at radius 3 is 2.43 bits per heavy atom. The van der Waals surface area contributed by atoms with Crippen molar-refractivity contribution < 1.29 is 32.7 Å². The first-order valence-corrected chi connectivity index (χ1v) is 10.6. The van der Waals surface area contributed by atoms with Gasteiger partial charge in [-0.2, -0.15) is 13.2 Å². The number of alkyl halides is 3. The second-order valence-electron chi connectivity index (χ2n) is 8.02. The van der Waals surface area contributed by atoms with Crippen LogP contribution in [0, 0.1) is 5.92 Å². The smallest absolute Gasteiger partial charge is 0.416 e. The van der Waals surface area contributed by atoms with Crippen LogP contribution >= 0.6 is 0 Å². The van der Waals surface area contributed by atoms with Crippen LogP contribution in [0.15, 0.2) is 54.9 Å². The number of carbonyl (C=O) groups is 3. The van der Waals surface area contributed by atoms with E-state index in [1.807, 2.05) is 0 Å². The van der Waals surface area contributed by atoms with Gasteiger partial charge in [0.2, 0.25) is 0 Å². The summed E-state index contributed by atoms with van der Waals surface area (Å²) in [7, 11) is 0. The molecule has 0 saturated heterocycles. The minimum absolute atomic E-state index is 0.0240. The number of aliphatic carboxylic acids is 1. The molecule has 35 heavy (non-hydrogen) atoms. The maximum absolute atomic E-state index is 12.8. The van der Waals surface area contributed by atoms with E-state index in [4.69, 9.17) is 5.11 Å². The van der Waals surface area contributed by atoms with Crippen molar-refractivity contribution in [3.63, 3.8) is 0 Å². The van der Waals surface area contributed by atoms with E-state index in [2.05, 4.69) is 20.6 Å². The van der Waals surface area contributed by atoms with Gasteiger partial charge in [-0.25, -0.2) is 14.8 Å². The molecular weight excluding hydrogens is 465 g/mol. The minimum atomic E-state index is -4.53. The van der Waals surface area contributed by atoms with Crippen LogP contribution < -0.4 is 10.6 Å². The second kappa shape index (κ2) is 9.53. The van der Waals surface area contributed by atoms with E-state index in [1.165, 1.54) is 24.5 Å². The number of aromatic nitrogens is 2. The van der Waals surface area contributed by atoms with Crippen LogP contribution in [0.5, 0.6) is 0 Å². The summed E-state index contributed by atoms with van der Waals surface area (Å²) in [5, 5.41) is 13.8. The number of carboxylic acids is 1. The van der Waals surface area contributed by atoms with Crippen molar-refractivity contribution in [3.8, 4) is 11.4 Å². The number of urea groups is 1. The molecule has 8 nitrogen and oxygen atoms in total. The standard InChI is InChI=1S/C24H19F3N4O4/c25-24(26,27)16-2-1-3-17(10-16)30-23(35)31-18-11-28-22(29-12-18)15-6-7-19-13(8-15)4-5-14(21(19)34)9-20(32)33/h1-3,6-8,10-12,14H,4-5,9H2,(H,32,33)(H2,30,31,35). The molecule has 0 aliphatic heterocycles. The van der Waals surface area contributed by atoms with Crippen LogP contribution in [0.4, 0.5) is 29.3 Å². The Kier molecular flexibility index (Phi) is 6.50. The number of amides is 2. The third-order valence-corrected chi connectivity index (χ3v) is 5.54. The van der Waals surface area contributed by atoms with Crippen molar-refractivity contribution in [1.82, 2.24) is 9.97 Å². The molecule has 1 aliphatic carbocycles. The minimum Gasteiger partial charge on any atom is -0.481 e. The highest BCUT2D eigenvalue weighted by Crippen LogP contribution is 2.31. The molecule has 1 aliphatic rings. The number of anilines is 2. The fourth-order valence-electron chi connectivity index (χ4n) is 3.87. The molecule has 4 rings (SSSR count). The predicted octanol–water partition coefficient (Wildman–Crippen LogP) is 5.03. The van der Waals surface area contributed by atoms with Crippen LogP contribution in [-0.4, -0.2) is 32.9 Å². The van der Waals surface area contributed by atoms with Gasteiger partial charge in [0.05, 0.1) is 30.1 Å². The van der Waals surface area contributed by atoms with Crippen molar-refractivity contribution >= 4 is 29.2 Å². The number of aryl methyl sites for hydroxylation is 1. The molecule has 1 heterocycles. The summed E-state index contributed by atoms with van der Waals surface area (Å²) in [5.41, 5.74) is 1.25. The lowest BCUT2D eigenvalue weighted by atomic mass is 9.80. The third-order valence-electron chi connectivity index (χ3n) is 5.54. The molecule has 3 N–H and O–H groups in total. The number of halogens is 3. The summed E-state index contributed by atoms with van der Waals surface area (Å²) in [6.45, 7) is 0. The van der Waals surface area contributed by atoms with Gasteiger partial charge in [0.1, 0.15) is 0 Å². The molecule has 0 spiro atoms. The SMILES string of the molecule is O=C(O)CC1CCc2cc(-c3ncc(NC(=O)Nc4cccc(C(F)(F)F)c4)cn3)ccc2C1=O. The Morgan fingerprint density at radius 2 is 1.74 bits per heavy atom. The number of fused-ring (bicyclic) bond motifs is 1. The maximum Gasteiger partial charge on any atom is 0.416 e. The van der Waals surface area contributed by atoms with Crippen LogP contribution in [-0.2, 0) is 17.4 Å². The van der Waals surface area contributed by atoms with Crippen molar-refractivity contribution in [2.24, 2.45) is 5.92 Å². The third kappa shape index (κ3) is 5.62. The molecule has 3 aromatic rings. The molecule has 180 valence electrons. The Bertz CT molecular complexity index is 1290. The molecular formula is C24H19F3N4O4. The van der Waals surface area contributed by atoms with Crippen molar-refractivity contribution in [3.05, 3.63) is 71.5 Å². The largest absolute Gasteiger partial charge is 0.481 e. The highest BCUT2D eigenvalue weighted by atomic mass is 19.4. The highest BCUT2D eigenvalue weighted by Gasteiger charge is 2.31. The summed E-state index contributed by atoms with van der Waals surface area (Å²) in [5.74, 6) is -1.38. The second-order valence-corrected chi connectivity index (χ2v) is 8.02.